The molecule has 1 unspecified atom stereocenters. The van der Waals surface area contributed by atoms with Gasteiger partial charge in [0.25, 0.3) is 0 Å². The number of esters is 1. The van der Waals surface area contributed by atoms with Crippen LogP contribution in [-0.4, -0.2) is 5.97 Å². The molecular weight excluding hydrogens is 257 g/mol. The summed E-state index contributed by atoms with van der Waals surface area (Å²) < 4.78 is 18.0. The molecule has 0 saturated carbocycles. The van der Waals surface area contributed by atoms with Gasteiger partial charge in [0.1, 0.15) is 12.4 Å². The van der Waals surface area contributed by atoms with E-state index in [1.165, 1.54) is 12.1 Å². The average Bonchev–Trinajstić information content (AvgIpc) is 2.45. The van der Waals surface area contributed by atoms with Gasteiger partial charge in [0.15, 0.2) is 0 Å². The lowest BCUT2D eigenvalue weighted by Crippen LogP contribution is -2.13. The quantitative estimate of drug-likeness (QED) is 0.687. The predicted molar refractivity (Wildman–Crippen MR) is 75.5 cm³/mol. The largest absolute Gasteiger partial charge is 0.460 e. The molecule has 0 aliphatic carbocycles. The highest BCUT2D eigenvalue weighted by atomic mass is 19.1. The van der Waals surface area contributed by atoms with E-state index in [9.17, 15) is 9.18 Å². The van der Waals surface area contributed by atoms with Crippen molar-refractivity contribution in [2.45, 2.75) is 19.4 Å². The number of anilines is 1. The summed E-state index contributed by atoms with van der Waals surface area (Å²) in [4.78, 5) is 12.0. The number of benzene rings is 2. The number of carbonyl (C=O) groups excluding carboxylic acids is 1. The number of carbonyl (C=O) groups is 1. The lowest BCUT2D eigenvalue weighted by Gasteiger charge is -2.12. The van der Waals surface area contributed by atoms with Gasteiger partial charge < -0.3 is 10.5 Å². The Balaban J connectivity index is 1.96. The smallest absolute Gasteiger partial charge is 0.313 e. The molecule has 0 aromatic heterocycles. The second-order valence-corrected chi connectivity index (χ2v) is 4.63. The van der Waals surface area contributed by atoms with Crippen molar-refractivity contribution in [3.63, 3.8) is 0 Å². The summed E-state index contributed by atoms with van der Waals surface area (Å²) in [6.07, 6.45) is 0. The van der Waals surface area contributed by atoms with Crippen LogP contribution in [-0.2, 0) is 16.1 Å². The molecule has 20 heavy (non-hydrogen) atoms. The summed E-state index contributed by atoms with van der Waals surface area (Å²) >= 11 is 0. The second kappa shape index (κ2) is 6.19. The fraction of sp³-hybridized carbons (Fsp3) is 0.188. The van der Waals surface area contributed by atoms with Gasteiger partial charge in [0.05, 0.1) is 5.92 Å². The Morgan fingerprint density at radius 1 is 1.25 bits per heavy atom. The Morgan fingerprint density at radius 3 is 2.60 bits per heavy atom. The number of hydrogen-bond donors (Lipinski definition) is 1. The van der Waals surface area contributed by atoms with E-state index in [1.54, 1.807) is 37.3 Å². The van der Waals surface area contributed by atoms with E-state index >= 15 is 0 Å². The van der Waals surface area contributed by atoms with Gasteiger partial charge in [-0.1, -0.05) is 24.3 Å². The predicted octanol–water partition coefficient (Wildman–Crippen LogP) is 3.25. The zero-order valence-corrected chi connectivity index (χ0v) is 11.2. The van der Waals surface area contributed by atoms with Crippen LogP contribution in [0.1, 0.15) is 24.0 Å². The molecule has 0 radical (unpaired) electrons. The molecule has 2 aromatic rings. The lowest BCUT2D eigenvalue weighted by molar-refractivity contribution is -0.146. The highest BCUT2D eigenvalue weighted by Crippen LogP contribution is 2.19. The van der Waals surface area contributed by atoms with Crippen LogP contribution in [0.5, 0.6) is 0 Å². The first-order chi connectivity index (χ1) is 9.56. The molecule has 0 saturated heterocycles. The molecule has 4 heteroatoms. The molecule has 0 bridgehead atoms. The molecule has 0 spiro atoms. The Kier molecular flexibility index (Phi) is 4.35. The summed E-state index contributed by atoms with van der Waals surface area (Å²) in [5.74, 6) is -1.04. The van der Waals surface area contributed by atoms with Crippen molar-refractivity contribution in [3.05, 3.63) is 65.5 Å². The van der Waals surface area contributed by atoms with E-state index < -0.39 is 0 Å². The first-order valence-corrected chi connectivity index (χ1v) is 6.33. The first kappa shape index (κ1) is 14.1. The van der Waals surface area contributed by atoms with E-state index in [0.717, 1.165) is 11.1 Å². The topological polar surface area (TPSA) is 52.3 Å². The zero-order valence-electron chi connectivity index (χ0n) is 11.2. The fourth-order valence-electron chi connectivity index (χ4n) is 1.82. The van der Waals surface area contributed by atoms with Crippen molar-refractivity contribution in [3.8, 4) is 0 Å². The second-order valence-electron chi connectivity index (χ2n) is 4.63. The van der Waals surface area contributed by atoms with E-state index in [-0.39, 0.29) is 24.3 Å². The van der Waals surface area contributed by atoms with E-state index in [1.807, 2.05) is 6.07 Å². The Morgan fingerprint density at radius 2 is 1.95 bits per heavy atom. The van der Waals surface area contributed by atoms with Crippen LogP contribution in [0.2, 0.25) is 0 Å². The van der Waals surface area contributed by atoms with Crippen LogP contribution in [0.15, 0.2) is 48.5 Å². The van der Waals surface area contributed by atoms with Gasteiger partial charge >= 0.3 is 5.97 Å². The van der Waals surface area contributed by atoms with E-state index in [2.05, 4.69) is 0 Å². The van der Waals surface area contributed by atoms with Crippen LogP contribution in [0.25, 0.3) is 0 Å². The third kappa shape index (κ3) is 3.57. The highest BCUT2D eigenvalue weighted by Gasteiger charge is 2.16. The van der Waals surface area contributed by atoms with Crippen molar-refractivity contribution in [1.82, 2.24) is 0 Å². The Labute approximate surface area is 117 Å². The summed E-state index contributed by atoms with van der Waals surface area (Å²) in [5, 5.41) is 0. The van der Waals surface area contributed by atoms with Gasteiger partial charge in [-0.05, 0) is 42.3 Å². The van der Waals surface area contributed by atoms with Crippen molar-refractivity contribution in [2.75, 3.05) is 5.73 Å². The summed E-state index contributed by atoms with van der Waals surface area (Å²) in [7, 11) is 0. The van der Waals surface area contributed by atoms with E-state index in [0.29, 0.717) is 5.69 Å². The average molecular weight is 273 g/mol. The third-order valence-electron chi connectivity index (χ3n) is 3.06. The molecule has 104 valence electrons. The van der Waals surface area contributed by atoms with Gasteiger partial charge in [-0.25, -0.2) is 4.39 Å². The number of hydrogen-bond acceptors (Lipinski definition) is 3. The summed E-state index contributed by atoms with van der Waals surface area (Å²) in [5.41, 5.74) is 7.86. The minimum absolute atomic E-state index is 0.131. The minimum atomic E-state index is -0.390. The summed E-state index contributed by atoms with van der Waals surface area (Å²) in [6, 6.07) is 13.0. The maximum atomic E-state index is 12.8. The van der Waals surface area contributed by atoms with Gasteiger partial charge in [0.2, 0.25) is 0 Å². The van der Waals surface area contributed by atoms with Crippen LogP contribution < -0.4 is 5.73 Å². The molecular formula is C16H16FNO2. The molecule has 1 atom stereocenters. The first-order valence-electron chi connectivity index (χ1n) is 6.33. The number of halogens is 1. The summed E-state index contributed by atoms with van der Waals surface area (Å²) in [6.45, 7) is 1.90. The standard InChI is InChI=1S/C16H16FNO2/c1-11(13-3-2-4-15(18)9-13)16(19)20-10-12-5-7-14(17)8-6-12/h2-9,11H,10,18H2,1H3. The molecule has 0 aliphatic rings. The van der Waals surface area contributed by atoms with E-state index in [4.69, 9.17) is 10.5 Å². The van der Waals surface area contributed by atoms with Crippen LogP contribution in [0.3, 0.4) is 0 Å². The maximum absolute atomic E-state index is 12.8. The van der Waals surface area contributed by atoms with Gasteiger partial charge in [-0.2, -0.15) is 0 Å². The molecule has 0 fully saturated rings. The fourth-order valence-corrected chi connectivity index (χ4v) is 1.82. The number of rotatable bonds is 4. The molecule has 2 N–H and O–H groups in total. The highest BCUT2D eigenvalue weighted by molar-refractivity contribution is 5.78. The Bertz CT molecular complexity index is 596. The van der Waals surface area contributed by atoms with Crippen molar-refractivity contribution >= 4 is 11.7 Å². The molecule has 0 amide bonds. The SMILES string of the molecule is CC(C(=O)OCc1ccc(F)cc1)c1cccc(N)c1. The van der Waals surface area contributed by atoms with Crippen molar-refractivity contribution in [1.29, 1.82) is 0 Å². The van der Waals surface area contributed by atoms with Gasteiger partial charge in [-0.15, -0.1) is 0 Å². The van der Waals surface area contributed by atoms with Crippen molar-refractivity contribution < 1.29 is 13.9 Å². The third-order valence-corrected chi connectivity index (χ3v) is 3.06. The minimum Gasteiger partial charge on any atom is -0.460 e. The normalized spacial score (nSPS) is 11.9. The lowest BCUT2D eigenvalue weighted by atomic mass is 10.0. The molecule has 0 aliphatic heterocycles. The van der Waals surface area contributed by atoms with Crippen LogP contribution >= 0.6 is 0 Å². The number of nitrogens with two attached hydrogens (primary N) is 1. The molecule has 0 heterocycles. The van der Waals surface area contributed by atoms with Crippen molar-refractivity contribution in [2.24, 2.45) is 0 Å². The van der Waals surface area contributed by atoms with Gasteiger partial charge in [0, 0.05) is 5.69 Å². The Hall–Kier alpha value is -2.36. The number of nitrogen functional groups attached to an aromatic ring is 1. The maximum Gasteiger partial charge on any atom is 0.313 e. The molecule has 2 aromatic carbocycles. The van der Waals surface area contributed by atoms with Gasteiger partial charge in [-0.3, -0.25) is 4.79 Å². The van der Waals surface area contributed by atoms with Crippen LogP contribution in [0, 0.1) is 5.82 Å². The van der Waals surface area contributed by atoms with Crippen LogP contribution in [0.4, 0.5) is 10.1 Å². The number of ether oxygens (including phenoxy) is 1. The zero-order chi connectivity index (χ0) is 14.5. The monoisotopic (exact) mass is 273 g/mol. The molecule has 3 nitrogen and oxygen atoms in total. The molecule has 2 rings (SSSR count).